The van der Waals surface area contributed by atoms with Crippen LogP contribution in [0.2, 0.25) is 0 Å². The monoisotopic (exact) mass is 587 g/mol. The van der Waals surface area contributed by atoms with Gasteiger partial charge in [-0.15, -0.1) is 11.8 Å². The number of fused-ring (bicyclic) bond motifs is 1. The smallest absolute Gasteiger partial charge is 0.244 e. The molecular formula is C32H49N3O5S. The van der Waals surface area contributed by atoms with Gasteiger partial charge in [-0.2, -0.15) is 0 Å². The normalized spacial score (nSPS) is 28.1. The molecule has 4 rings (SSSR count). The van der Waals surface area contributed by atoms with Gasteiger partial charge in [0.05, 0.1) is 35.8 Å². The molecule has 0 aromatic heterocycles. The third-order valence-corrected chi connectivity index (χ3v) is 10.5. The summed E-state index contributed by atoms with van der Waals surface area (Å²) in [4.78, 5) is 44.1. The van der Waals surface area contributed by atoms with Gasteiger partial charge < -0.3 is 25.4 Å². The summed E-state index contributed by atoms with van der Waals surface area (Å²) in [7, 11) is 0. The summed E-state index contributed by atoms with van der Waals surface area (Å²) < 4.78 is 4.82. The van der Waals surface area contributed by atoms with Gasteiger partial charge in [-0.25, -0.2) is 0 Å². The number of carbonyl (C=O) groups is 3. The van der Waals surface area contributed by atoms with Crippen molar-refractivity contribution >= 4 is 35.2 Å². The molecule has 8 nitrogen and oxygen atoms in total. The first-order valence-corrected chi connectivity index (χ1v) is 16.0. The lowest BCUT2D eigenvalue weighted by Crippen LogP contribution is -2.60. The van der Waals surface area contributed by atoms with Crippen LogP contribution in [0.4, 0.5) is 5.69 Å². The topological polar surface area (TPSA) is 108 Å². The van der Waals surface area contributed by atoms with Gasteiger partial charge in [-0.05, 0) is 82.1 Å². The molecule has 6 atom stereocenters. The second kappa shape index (κ2) is 11.8. The maximum Gasteiger partial charge on any atom is 0.244 e. The van der Waals surface area contributed by atoms with Gasteiger partial charge >= 0.3 is 0 Å². The number of aliphatic hydroxyl groups is 1. The Morgan fingerprint density at radius 1 is 1.15 bits per heavy atom. The van der Waals surface area contributed by atoms with Gasteiger partial charge in [0.2, 0.25) is 17.7 Å². The van der Waals surface area contributed by atoms with Crippen LogP contribution in [0.15, 0.2) is 24.3 Å². The molecule has 3 aliphatic heterocycles. The summed E-state index contributed by atoms with van der Waals surface area (Å²) in [5.74, 6) is -0.763. The molecule has 3 fully saturated rings. The molecular weight excluding hydrogens is 538 g/mol. The number of hydrogen-bond acceptors (Lipinski definition) is 6. The van der Waals surface area contributed by atoms with E-state index in [2.05, 4.69) is 45.3 Å². The Balaban J connectivity index is 1.67. The molecule has 3 aliphatic rings. The summed E-state index contributed by atoms with van der Waals surface area (Å²) >= 11 is 1.65. The van der Waals surface area contributed by atoms with Crippen LogP contribution in [-0.4, -0.2) is 68.6 Å². The summed E-state index contributed by atoms with van der Waals surface area (Å²) in [5, 5.41) is 16.8. The van der Waals surface area contributed by atoms with E-state index in [1.165, 1.54) is 0 Å². The highest BCUT2D eigenvalue weighted by atomic mass is 32.2. The number of nitrogens with one attached hydrogen (secondary N) is 2. The SMILES string of the molecule is CCOc1ccc(NC(=O)[C@@H]2[C@@H]3CCC4(S3)C(C(=O)NC(C)(C)CC(C)(C)C)N([C@@H](CO)CC(C)C)C(=O)[C@H]24)cc1. The van der Waals surface area contributed by atoms with Crippen LogP contribution in [-0.2, 0) is 14.4 Å². The van der Waals surface area contributed by atoms with E-state index in [4.69, 9.17) is 4.74 Å². The number of carbonyl (C=O) groups excluding carboxylic acids is 3. The van der Waals surface area contributed by atoms with E-state index < -0.39 is 34.2 Å². The van der Waals surface area contributed by atoms with Crippen LogP contribution in [0.3, 0.4) is 0 Å². The zero-order valence-corrected chi connectivity index (χ0v) is 26.8. The highest BCUT2D eigenvalue weighted by Gasteiger charge is 2.74. The third-order valence-electron chi connectivity index (χ3n) is 8.50. The molecule has 2 unspecified atom stereocenters. The van der Waals surface area contributed by atoms with Crippen LogP contribution < -0.4 is 15.4 Å². The molecule has 0 saturated carbocycles. The number of rotatable bonds is 11. The van der Waals surface area contributed by atoms with Crippen molar-refractivity contribution in [2.45, 2.75) is 109 Å². The molecule has 41 heavy (non-hydrogen) atoms. The predicted octanol–water partition coefficient (Wildman–Crippen LogP) is 4.85. The average Bonchev–Trinajstić information content (AvgIpc) is 3.49. The van der Waals surface area contributed by atoms with Crippen molar-refractivity contribution in [2.75, 3.05) is 18.5 Å². The van der Waals surface area contributed by atoms with Gasteiger partial charge in [0.25, 0.3) is 0 Å². The fourth-order valence-electron chi connectivity index (χ4n) is 7.70. The van der Waals surface area contributed by atoms with Gasteiger partial charge in [0.15, 0.2) is 0 Å². The molecule has 3 amide bonds. The lowest BCUT2D eigenvalue weighted by atomic mass is 9.70. The standard InChI is InChI=1S/C32H49N3O5S/c1-9-40-22-12-10-20(11-13-22)33-27(37)24-23-14-15-32(41-23)25(24)29(39)35(21(17-36)16-19(2)3)26(32)28(38)34-31(7,8)18-30(4,5)6/h10-13,19,21,23-26,36H,9,14-18H2,1-8H3,(H,33,37)(H,34,38)/t21-,23+,24-,25+,26?,32?/m1/s1. The maximum atomic E-state index is 14.4. The Kier molecular flexibility index (Phi) is 9.11. The van der Waals surface area contributed by atoms with Crippen molar-refractivity contribution in [3.63, 3.8) is 0 Å². The van der Waals surface area contributed by atoms with Crippen LogP contribution in [0, 0.1) is 23.2 Å². The van der Waals surface area contributed by atoms with Crippen LogP contribution in [0.25, 0.3) is 0 Å². The fraction of sp³-hybridized carbons (Fsp3) is 0.719. The Morgan fingerprint density at radius 3 is 2.37 bits per heavy atom. The quantitative estimate of drug-likeness (QED) is 0.342. The van der Waals surface area contributed by atoms with Crippen molar-refractivity contribution in [2.24, 2.45) is 23.2 Å². The van der Waals surface area contributed by atoms with E-state index in [1.54, 1.807) is 28.8 Å². The molecule has 2 bridgehead atoms. The number of thioether (sulfide) groups is 1. The summed E-state index contributed by atoms with van der Waals surface area (Å²) in [6.45, 7) is 16.8. The maximum absolute atomic E-state index is 14.4. The van der Waals surface area contributed by atoms with Crippen LogP contribution in [0.1, 0.15) is 81.1 Å². The lowest BCUT2D eigenvalue weighted by molar-refractivity contribution is -0.143. The number of nitrogens with zero attached hydrogens (tertiary/aromatic N) is 1. The molecule has 3 saturated heterocycles. The molecule has 1 aromatic carbocycles. The van der Waals surface area contributed by atoms with E-state index in [-0.39, 0.29) is 40.9 Å². The van der Waals surface area contributed by atoms with Gasteiger partial charge in [-0.1, -0.05) is 34.6 Å². The molecule has 1 spiro atoms. The predicted molar refractivity (Wildman–Crippen MR) is 164 cm³/mol. The first kappa shape index (κ1) is 31.7. The van der Waals surface area contributed by atoms with E-state index in [0.717, 1.165) is 18.6 Å². The number of benzene rings is 1. The molecule has 0 aliphatic carbocycles. The van der Waals surface area contributed by atoms with Gasteiger partial charge in [0.1, 0.15) is 11.8 Å². The largest absolute Gasteiger partial charge is 0.494 e. The van der Waals surface area contributed by atoms with E-state index >= 15 is 0 Å². The minimum absolute atomic E-state index is 0.00132. The summed E-state index contributed by atoms with van der Waals surface area (Å²) in [6, 6.07) is 6.01. The highest BCUT2D eigenvalue weighted by molar-refractivity contribution is 8.02. The Morgan fingerprint density at radius 2 is 1.80 bits per heavy atom. The summed E-state index contributed by atoms with van der Waals surface area (Å²) in [6.07, 6.45) is 2.81. The van der Waals surface area contributed by atoms with Gasteiger partial charge in [0, 0.05) is 16.5 Å². The second-order valence-corrected chi connectivity index (χ2v) is 15.9. The molecule has 0 radical (unpaired) electrons. The second-order valence-electron chi connectivity index (χ2n) is 14.3. The average molecular weight is 588 g/mol. The highest BCUT2D eigenvalue weighted by Crippen LogP contribution is 2.66. The van der Waals surface area contributed by atoms with E-state index in [0.29, 0.717) is 25.1 Å². The van der Waals surface area contributed by atoms with Crippen LogP contribution >= 0.6 is 11.8 Å². The summed E-state index contributed by atoms with van der Waals surface area (Å²) in [5.41, 5.74) is 0.157. The minimum Gasteiger partial charge on any atom is -0.494 e. The lowest BCUT2D eigenvalue weighted by Gasteiger charge is -2.40. The fourth-order valence-corrected chi connectivity index (χ4v) is 9.91. The molecule has 3 N–H and O–H groups in total. The number of likely N-dealkylation sites (tertiary alicyclic amines) is 1. The van der Waals surface area contributed by atoms with E-state index in [9.17, 15) is 19.5 Å². The first-order valence-electron chi connectivity index (χ1n) is 15.1. The third kappa shape index (κ3) is 6.41. The molecule has 228 valence electrons. The number of hydrogen-bond donors (Lipinski definition) is 3. The first-order chi connectivity index (χ1) is 19.1. The zero-order valence-electron chi connectivity index (χ0n) is 26.0. The van der Waals surface area contributed by atoms with Crippen molar-refractivity contribution in [1.82, 2.24) is 10.2 Å². The van der Waals surface area contributed by atoms with Gasteiger partial charge in [-0.3, -0.25) is 14.4 Å². The molecule has 9 heteroatoms. The number of anilines is 1. The zero-order chi connectivity index (χ0) is 30.3. The molecule has 3 heterocycles. The van der Waals surface area contributed by atoms with Crippen LogP contribution in [0.5, 0.6) is 5.75 Å². The van der Waals surface area contributed by atoms with Crippen molar-refractivity contribution in [1.29, 1.82) is 0 Å². The minimum atomic E-state index is -0.742. The number of aliphatic hydroxyl groups excluding tert-OH is 1. The molecule has 1 aromatic rings. The Bertz CT molecular complexity index is 1130. The number of ether oxygens (including phenoxy) is 1. The van der Waals surface area contributed by atoms with E-state index in [1.807, 2.05) is 32.9 Å². The Hall–Kier alpha value is -2.26. The van der Waals surface area contributed by atoms with Crippen molar-refractivity contribution < 1.29 is 24.2 Å². The van der Waals surface area contributed by atoms with Crippen molar-refractivity contribution in [3.8, 4) is 5.75 Å². The Labute approximate surface area is 249 Å². The van der Waals surface area contributed by atoms with Crippen molar-refractivity contribution in [3.05, 3.63) is 24.3 Å². The number of amides is 3.